The minimum Gasteiger partial charge on any atom is -0.489 e. The topological polar surface area (TPSA) is 96.7 Å². The Morgan fingerprint density at radius 3 is 3.00 bits per heavy atom. The predicted octanol–water partition coefficient (Wildman–Crippen LogP) is -0.0547. The molecule has 0 amide bonds. The third-order valence-corrected chi connectivity index (χ3v) is 3.23. The minimum atomic E-state index is -0.805. The Labute approximate surface area is 114 Å². The van der Waals surface area contributed by atoms with Crippen LogP contribution in [0.3, 0.4) is 0 Å². The molecule has 0 spiro atoms. The van der Waals surface area contributed by atoms with E-state index in [1.54, 1.807) is 0 Å². The fourth-order valence-electron chi connectivity index (χ4n) is 1.99. The summed E-state index contributed by atoms with van der Waals surface area (Å²) in [4.78, 5) is 14.3. The van der Waals surface area contributed by atoms with Gasteiger partial charge in [-0.05, 0) is 6.92 Å². The standard InChI is InChI=1S/C11H16N2O5S/c1-2-17-7-4-13(11(16)12-10(7)19)9-3-6(15)8(5-14)18-9/h4,6,8-9,14-15H,2-3,5H2,1H3,(H,12,16,19)/t6-,8+,9+/m1/s1. The fourth-order valence-corrected chi connectivity index (χ4v) is 2.19. The maximum atomic E-state index is 11.8. The highest BCUT2D eigenvalue weighted by molar-refractivity contribution is 7.71. The fraction of sp³-hybridized carbons (Fsp3) is 0.636. The molecule has 2 heterocycles. The number of aliphatic hydroxyl groups is 2. The van der Waals surface area contributed by atoms with E-state index >= 15 is 0 Å². The van der Waals surface area contributed by atoms with Crippen molar-refractivity contribution < 1.29 is 19.7 Å². The number of hydrogen-bond acceptors (Lipinski definition) is 6. The number of H-pyrrole nitrogens is 1. The smallest absolute Gasteiger partial charge is 0.328 e. The molecule has 2 rings (SSSR count). The van der Waals surface area contributed by atoms with E-state index in [0.717, 1.165) is 0 Å². The summed E-state index contributed by atoms with van der Waals surface area (Å²) in [6.45, 7) is 1.93. The Balaban J connectivity index is 2.33. The Hall–Kier alpha value is -1.22. The molecule has 1 aromatic rings. The van der Waals surface area contributed by atoms with Crippen LogP contribution < -0.4 is 10.4 Å². The molecule has 3 N–H and O–H groups in total. The molecule has 0 saturated carbocycles. The van der Waals surface area contributed by atoms with Gasteiger partial charge in [0.05, 0.1) is 25.5 Å². The summed E-state index contributed by atoms with van der Waals surface area (Å²) >= 11 is 4.98. The molecule has 1 fully saturated rings. The highest BCUT2D eigenvalue weighted by Crippen LogP contribution is 2.28. The van der Waals surface area contributed by atoms with Gasteiger partial charge in [0.1, 0.15) is 12.3 Å². The summed E-state index contributed by atoms with van der Waals surface area (Å²) in [5, 5.41) is 18.7. The molecule has 0 aliphatic carbocycles. The zero-order valence-electron chi connectivity index (χ0n) is 10.4. The van der Waals surface area contributed by atoms with E-state index in [0.29, 0.717) is 12.4 Å². The molecule has 8 heteroatoms. The third-order valence-electron chi connectivity index (χ3n) is 2.93. The maximum Gasteiger partial charge on any atom is 0.328 e. The molecule has 0 radical (unpaired) electrons. The van der Waals surface area contributed by atoms with E-state index in [-0.39, 0.29) is 17.7 Å². The van der Waals surface area contributed by atoms with Crippen molar-refractivity contribution in [3.05, 3.63) is 21.3 Å². The molecule has 1 aliphatic heterocycles. The van der Waals surface area contributed by atoms with Crippen molar-refractivity contribution in [2.75, 3.05) is 13.2 Å². The van der Waals surface area contributed by atoms with Gasteiger partial charge in [-0.2, -0.15) is 0 Å². The summed E-state index contributed by atoms with van der Waals surface area (Å²) in [7, 11) is 0. The molecule has 7 nitrogen and oxygen atoms in total. The quantitative estimate of drug-likeness (QED) is 0.672. The molecule has 3 atom stereocenters. The lowest BCUT2D eigenvalue weighted by atomic mass is 10.2. The van der Waals surface area contributed by atoms with Gasteiger partial charge in [0.15, 0.2) is 10.4 Å². The molecular weight excluding hydrogens is 272 g/mol. The first-order valence-electron chi connectivity index (χ1n) is 5.99. The Morgan fingerprint density at radius 2 is 2.42 bits per heavy atom. The van der Waals surface area contributed by atoms with Crippen molar-refractivity contribution in [1.82, 2.24) is 9.55 Å². The van der Waals surface area contributed by atoms with Crippen LogP contribution in [0, 0.1) is 4.64 Å². The van der Waals surface area contributed by atoms with Crippen LogP contribution in [0.4, 0.5) is 0 Å². The summed E-state index contributed by atoms with van der Waals surface area (Å²) in [6, 6.07) is 0. The lowest BCUT2D eigenvalue weighted by Crippen LogP contribution is -2.28. The number of aromatic nitrogens is 2. The SMILES string of the molecule is CCOc1cn([C@@H]2C[C@@H](O)[C@H](CO)O2)c(=O)[nH]c1=S. The van der Waals surface area contributed by atoms with E-state index in [4.69, 9.17) is 26.8 Å². The Kier molecular flexibility index (Phi) is 4.35. The van der Waals surface area contributed by atoms with Gasteiger partial charge in [-0.15, -0.1) is 0 Å². The number of nitrogens with zero attached hydrogens (tertiary/aromatic N) is 1. The second kappa shape index (κ2) is 5.83. The van der Waals surface area contributed by atoms with Gasteiger partial charge in [0, 0.05) is 6.42 Å². The van der Waals surface area contributed by atoms with Crippen LogP contribution in [0.25, 0.3) is 0 Å². The van der Waals surface area contributed by atoms with Crippen molar-refractivity contribution in [3.63, 3.8) is 0 Å². The largest absolute Gasteiger partial charge is 0.489 e. The average molecular weight is 288 g/mol. The van der Waals surface area contributed by atoms with Crippen molar-refractivity contribution in [2.24, 2.45) is 0 Å². The molecule has 1 aliphatic rings. The number of rotatable bonds is 4. The van der Waals surface area contributed by atoms with Crippen molar-refractivity contribution in [2.45, 2.75) is 31.8 Å². The first-order valence-corrected chi connectivity index (χ1v) is 6.40. The lowest BCUT2D eigenvalue weighted by molar-refractivity contribution is -0.0460. The van der Waals surface area contributed by atoms with Crippen LogP contribution in [-0.2, 0) is 4.74 Å². The van der Waals surface area contributed by atoms with Crippen LogP contribution in [-0.4, -0.2) is 45.2 Å². The normalized spacial score (nSPS) is 26.6. The monoisotopic (exact) mass is 288 g/mol. The van der Waals surface area contributed by atoms with Crippen LogP contribution in [0.2, 0.25) is 0 Å². The first-order chi connectivity index (χ1) is 9.06. The molecule has 0 bridgehead atoms. The lowest BCUT2D eigenvalue weighted by Gasteiger charge is -2.15. The van der Waals surface area contributed by atoms with Crippen molar-refractivity contribution in [1.29, 1.82) is 0 Å². The van der Waals surface area contributed by atoms with Crippen molar-refractivity contribution in [3.8, 4) is 5.75 Å². The van der Waals surface area contributed by atoms with Gasteiger partial charge in [-0.3, -0.25) is 9.55 Å². The first kappa shape index (κ1) is 14.2. The summed E-state index contributed by atoms with van der Waals surface area (Å²) in [6.07, 6.45) is -0.453. The summed E-state index contributed by atoms with van der Waals surface area (Å²) < 4.78 is 12.2. The van der Waals surface area contributed by atoms with E-state index in [1.165, 1.54) is 10.8 Å². The number of ether oxygens (including phenoxy) is 2. The molecule has 1 aromatic heterocycles. The molecule has 1 saturated heterocycles. The number of aliphatic hydroxyl groups excluding tert-OH is 2. The van der Waals surface area contributed by atoms with Crippen LogP contribution in [0.15, 0.2) is 11.0 Å². The molecule has 0 unspecified atom stereocenters. The second-order valence-electron chi connectivity index (χ2n) is 4.21. The molecule has 0 aromatic carbocycles. The van der Waals surface area contributed by atoms with Crippen LogP contribution >= 0.6 is 12.2 Å². The van der Waals surface area contributed by atoms with Crippen LogP contribution in [0.5, 0.6) is 5.75 Å². The van der Waals surface area contributed by atoms with Gasteiger partial charge in [-0.25, -0.2) is 4.79 Å². The third kappa shape index (κ3) is 2.86. The molecular formula is C11H16N2O5S. The highest BCUT2D eigenvalue weighted by Gasteiger charge is 2.35. The summed E-state index contributed by atoms with van der Waals surface area (Å²) in [5.74, 6) is 0.377. The van der Waals surface area contributed by atoms with Gasteiger partial charge >= 0.3 is 5.69 Å². The highest BCUT2D eigenvalue weighted by atomic mass is 32.1. The Morgan fingerprint density at radius 1 is 1.68 bits per heavy atom. The zero-order chi connectivity index (χ0) is 14.0. The van der Waals surface area contributed by atoms with Gasteiger partial charge in [0.25, 0.3) is 0 Å². The molecule has 19 heavy (non-hydrogen) atoms. The van der Waals surface area contributed by atoms with E-state index < -0.39 is 24.1 Å². The van der Waals surface area contributed by atoms with E-state index in [2.05, 4.69) is 4.98 Å². The zero-order valence-corrected chi connectivity index (χ0v) is 11.2. The van der Waals surface area contributed by atoms with E-state index in [1.807, 2.05) is 6.92 Å². The van der Waals surface area contributed by atoms with Gasteiger partial charge in [0.2, 0.25) is 0 Å². The van der Waals surface area contributed by atoms with Crippen LogP contribution in [0.1, 0.15) is 19.6 Å². The number of aromatic amines is 1. The average Bonchev–Trinajstić information content (AvgIpc) is 2.74. The van der Waals surface area contributed by atoms with Gasteiger partial charge < -0.3 is 19.7 Å². The minimum absolute atomic E-state index is 0.223. The Bertz CT molecular complexity index is 555. The van der Waals surface area contributed by atoms with E-state index in [9.17, 15) is 9.90 Å². The number of hydrogen-bond donors (Lipinski definition) is 3. The number of nitrogens with one attached hydrogen (secondary N) is 1. The predicted molar refractivity (Wildman–Crippen MR) is 68.7 cm³/mol. The second-order valence-corrected chi connectivity index (χ2v) is 4.62. The molecule has 106 valence electrons. The maximum absolute atomic E-state index is 11.8. The summed E-state index contributed by atoms with van der Waals surface area (Å²) in [5.41, 5.74) is -0.441. The van der Waals surface area contributed by atoms with Crippen molar-refractivity contribution >= 4 is 12.2 Å². The van der Waals surface area contributed by atoms with Gasteiger partial charge in [-0.1, -0.05) is 12.2 Å².